The second-order valence-electron chi connectivity index (χ2n) is 7.52. The standard InChI is InChI=1S/C22H19FN2O6S/c1-22(2,21(27)28)13-4-3-12(15(23)7-13)9-24-19(26)18-20(25-10-32-18)31-14-5-6-16-17(8-14)30-11-29-16/h3-8,10H,9,11H2,1-2H3,(H,24,26)(H,27,28). The third kappa shape index (κ3) is 4.22. The number of nitrogens with one attached hydrogen (secondary N) is 1. The first kappa shape index (κ1) is 21.6. The molecule has 1 aromatic heterocycles. The minimum atomic E-state index is -1.23. The number of amides is 1. The molecule has 2 heterocycles. The van der Waals surface area contributed by atoms with Crippen LogP contribution >= 0.6 is 11.3 Å². The molecular formula is C22H19FN2O6S. The molecule has 166 valence electrons. The molecule has 0 saturated carbocycles. The molecule has 1 aliphatic heterocycles. The van der Waals surface area contributed by atoms with Crippen LogP contribution in [0.5, 0.6) is 23.1 Å². The van der Waals surface area contributed by atoms with E-state index in [0.717, 1.165) is 11.3 Å². The number of carboxylic acid groups (broad SMARTS) is 1. The number of rotatable bonds is 7. The van der Waals surface area contributed by atoms with Gasteiger partial charge in [-0.15, -0.1) is 11.3 Å². The third-order valence-corrected chi connectivity index (χ3v) is 5.85. The molecule has 0 saturated heterocycles. The lowest BCUT2D eigenvalue weighted by Gasteiger charge is -2.20. The SMILES string of the molecule is CC(C)(C(=O)O)c1ccc(CNC(=O)c2scnc2Oc2ccc3c(c2)OCO3)c(F)c1. The van der Waals surface area contributed by atoms with Crippen LogP contribution in [0.3, 0.4) is 0 Å². The van der Waals surface area contributed by atoms with E-state index in [1.54, 1.807) is 24.3 Å². The van der Waals surface area contributed by atoms with Crippen molar-refractivity contribution in [2.45, 2.75) is 25.8 Å². The number of carbonyl (C=O) groups excluding carboxylic acids is 1. The fraction of sp³-hybridized carbons (Fsp3) is 0.227. The maximum atomic E-state index is 14.5. The Morgan fingerprint density at radius 3 is 2.75 bits per heavy atom. The van der Waals surface area contributed by atoms with Crippen LogP contribution in [-0.4, -0.2) is 28.8 Å². The molecule has 0 bridgehead atoms. The molecule has 3 aromatic rings. The number of ether oxygens (including phenoxy) is 3. The monoisotopic (exact) mass is 458 g/mol. The Kier molecular flexibility index (Phi) is 5.70. The zero-order valence-corrected chi connectivity index (χ0v) is 18.0. The summed E-state index contributed by atoms with van der Waals surface area (Å²) in [5.74, 6) is -0.446. The number of nitrogens with zero attached hydrogens (tertiary/aromatic N) is 1. The molecule has 2 N–H and O–H groups in total. The number of thiazole rings is 1. The van der Waals surface area contributed by atoms with Gasteiger partial charge in [-0.3, -0.25) is 9.59 Å². The molecule has 0 unspecified atom stereocenters. The lowest BCUT2D eigenvalue weighted by molar-refractivity contribution is -0.142. The molecule has 1 aliphatic rings. The van der Waals surface area contributed by atoms with Gasteiger partial charge in [-0.25, -0.2) is 9.37 Å². The van der Waals surface area contributed by atoms with Crippen molar-refractivity contribution in [2.24, 2.45) is 0 Å². The van der Waals surface area contributed by atoms with Gasteiger partial charge in [-0.05, 0) is 37.6 Å². The first-order chi connectivity index (χ1) is 15.3. The van der Waals surface area contributed by atoms with E-state index in [0.29, 0.717) is 22.8 Å². The number of carboxylic acids is 1. The van der Waals surface area contributed by atoms with Gasteiger partial charge in [0, 0.05) is 18.2 Å². The van der Waals surface area contributed by atoms with Gasteiger partial charge in [0.15, 0.2) is 16.4 Å². The Morgan fingerprint density at radius 2 is 2.00 bits per heavy atom. The van der Waals surface area contributed by atoms with E-state index in [9.17, 15) is 19.1 Å². The molecule has 1 amide bonds. The molecule has 0 atom stereocenters. The van der Waals surface area contributed by atoms with Crippen molar-refractivity contribution in [3.63, 3.8) is 0 Å². The molecule has 0 aliphatic carbocycles. The summed E-state index contributed by atoms with van der Waals surface area (Å²) >= 11 is 1.09. The normalized spacial score (nSPS) is 12.5. The van der Waals surface area contributed by atoms with Crippen LogP contribution in [0.15, 0.2) is 41.9 Å². The molecule has 10 heteroatoms. The highest BCUT2D eigenvalue weighted by Crippen LogP contribution is 2.37. The van der Waals surface area contributed by atoms with Gasteiger partial charge in [-0.1, -0.05) is 12.1 Å². The largest absolute Gasteiger partial charge is 0.481 e. The van der Waals surface area contributed by atoms with E-state index in [-0.39, 0.29) is 29.7 Å². The van der Waals surface area contributed by atoms with Crippen LogP contribution in [0.1, 0.15) is 34.6 Å². The van der Waals surface area contributed by atoms with E-state index >= 15 is 0 Å². The van der Waals surface area contributed by atoms with Crippen LogP contribution in [0.25, 0.3) is 0 Å². The van der Waals surface area contributed by atoms with Crippen LogP contribution < -0.4 is 19.5 Å². The Morgan fingerprint density at radius 1 is 1.22 bits per heavy atom. The van der Waals surface area contributed by atoms with Crippen molar-refractivity contribution in [3.05, 3.63) is 63.7 Å². The Balaban J connectivity index is 1.43. The van der Waals surface area contributed by atoms with Crippen LogP contribution in [0.2, 0.25) is 0 Å². The highest BCUT2D eigenvalue weighted by atomic mass is 32.1. The van der Waals surface area contributed by atoms with Crippen molar-refractivity contribution >= 4 is 23.2 Å². The Labute approximate surface area is 186 Å². The first-order valence-electron chi connectivity index (χ1n) is 9.57. The first-order valence-corrected chi connectivity index (χ1v) is 10.4. The van der Waals surface area contributed by atoms with Gasteiger partial charge in [0.05, 0.1) is 10.9 Å². The van der Waals surface area contributed by atoms with Gasteiger partial charge in [0.25, 0.3) is 5.91 Å². The van der Waals surface area contributed by atoms with Gasteiger partial charge >= 0.3 is 5.97 Å². The Bertz CT molecular complexity index is 1190. The summed E-state index contributed by atoms with van der Waals surface area (Å²) in [4.78, 5) is 28.3. The number of benzene rings is 2. The summed E-state index contributed by atoms with van der Waals surface area (Å²) in [7, 11) is 0. The number of carbonyl (C=O) groups is 2. The topological polar surface area (TPSA) is 107 Å². The van der Waals surface area contributed by atoms with Gasteiger partial charge < -0.3 is 24.6 Å². The van der Waals surface area contributed by atoms with Crippen molar-refractivity contribution in [3.8, 4) is 23.1 Å². The second kappa shape index (κ2) is 8.46. The summed E-state index contributed by atoms with van der Waals surface area (Å²) in [6.45, 7) is 3.04. The maximum Gasteiger partial charge on any atom is 0.313 e. The number of aromatic nitrogens is 1. The summed E-state index contributed by atoms with van der Waals surface area (Å²) < 4.78 is 30.8. The Hall–Kier alpha value is -3.66. The minimum Gasteiger partial charge on any atom is -0.481 e. The van der Waals surface area contributed by atoms with E-state index in [2.05, 4.69) is 10.3 Å². The van der Waals surface area contributed by atoms with Crippen molar-refractivity contribution in [1.82, 2.24) is 10.3 Å². The predicted octanol–water partition coefficient (Wildman–Crippen LogP) is 4.10. The van der Waals surface area contributed by atoms with Crippen LogP contribution in [0, 0.1) is 5.82 Å². The van der Waals surface area contributed by atoms with E-state index in [1.807, 2.05) is 0 Å². The summed E-state index contributed by atoms with van der Waals surface area (Å²) in [5, 5.41) is 11.9. The zero-order valence-electron chi connectivity index (χ0n) is 17.2. The predicted molar refractivity (Wildman–Crippen MR) is 113 cm³/mol. The minimum absolute atomic E-state index is 0.0835. The number of aliphatic carboxylic acids is 1. The van der Waals surface area contributed by atoms with E-state index < -0.39 is 23.1 Å². The van der Waals surface area contributed by atoms with E-state index in [4.69, 9.17) is 14.2 Å². The molecule has 4 rings (SSSR count). The number of hydrogen-bond donors (Lipinski definition) is 2. The highest BCUT2D eigenvalue weighted by Gasteiger charge is 2.30. The van der Waals surface area contributed by atoms with E-state index in [1.165, 1.54) is 31.5 Å². The summed E-state index contributed by atoms with van der Waals surface area (Å²) in [6.07, 6.45) is 0. The van der Waals surface area contributed by atoms with Gasteiger partial charge in [0.1, 0.15) is 11.6 Å². The van der Waals surface area contributed by atoms with Crippen molar-refractivity contribution in [1.29, 1.82) is 0 Å². The summed E-state index contributed by atoms with van der Waals surface area (Å²) in [5.41, 5.74) is 0.803. The smallest absolute Gasteiger partial charge is 0.313 e. The maximum absolute atomic E-state index is 14.5. The lowest BCUT2D eigenvalue weighted by atomic mass is 9.84. The average molecular weight is 458 g/mol. The third-order valence-electron chi connectivity index (χ3n) is 5.05. The molecule has 0 radical (unpaired) electrons. The van der Waals surface area contributed by atoms with Crippen LogP contribution in [-0.2, 0) is 16.8 Å². The zero-order chi connectivity index (χ0) is 22.9. The second-order valence-corrected chi connectivity index (χ2v) is 8.38. The fourth-order valence-electron chi connectivity index (χ4n) is 2.97. The molecule has 0 fully saturated rings. The highest BCUT2D eigenvalue weighted by molar-refractivity contribution is 7.12. The average Bonchev–Trinajstić information content (AvgIpc) is 3.41. The number of halogens is 1. The molecule has 8 nitrogen and oxygen atoms in total. The van der Waals surface area contributed by atoms with Crippen molar-refractivity contribution in [2.75, 3.05) is 6.79 Å². The van der Waals surface area contributed by atoms with Gasteiger partial charge in [-0.2, -0.15) is 0 Å². The van der Waals surface area contributed by atoms with Gasteiger partial charge in [0.2, 0.25) is 12.7 Å². The number of fused-ring (bicyclic) bond motifs is 1. The molecular weight excluding hydrogens is 439 g/mol. The fourth-order valence-corrected chi connectivity index (χ4v) is 3.60. The molecule has 0 spiro atoms. The van der Waals surface area contributed by atoms with Crippen LogP contribution in [0.4, 0.5) is 4.39 Å². The number of hydrogen-bond acceptors (Lipinski definition) is 7. The molecule has 32 heavy (non-hydrogen) atoms. The molecule has 2 aromatic carbocycles. The summed E-state index contributed by atoms with van der Waals surface area (Å²) in [6, 6.07) is 9.19. The van der Waals surface area contributed by atoms with Crippen molar-refractivity contribution < 1.29 is 33.3 Å². The quantitative estimate of drug-likeness (QED) is 0.549. The lowest BCUT2D eigenvalue weighted by Crippen LogP contribution is -2.29.